The van der Waals surface area contributed by atoms with Crippen LogP contribution in [0.25, 0.3) is 0 Å². The maximum Gasteiger partial charge on any atom is 0.319 e. The van der Waals surface area contributed by atoms with E-state index in [1.165, 1.54) is 5.57 Å². The van der Waals surface area contributed by atoms with Gasteiger partial charge in [-0.3, -0.25) is 4.90 Å². The number of rotatable bonds is 13. The number of urea groups is 1. The summed E-state index contributed by atoms with van der Waals surface area (Å²) in [4.78, 5) is 14.6. The van der Waals surface area contributed by atoms with Crippen LogP contribution in [0.5, 0.6) is 0 Å². The fourth-order valence-corrected chi connectivity index (χ4v) is 4.28. The molecule has 0 aromatic carbocycles. The van der Waals surface area contributed by atoms with Gasteiger partial charge in [0.05, 0.1) is 6.10 Å². The largest absolute Gasteiger partial charge is 0.392 e. The van der Waals surface area contributed by atoms with Crippen molar-refractivity contribution in [3.63, 3.8) is 0 Å². The summed E-state index contributed by atoms with van der Waals surface area (Å²) >= 11 is 0. The van der Waals surface area contributed by atoms with Gasteiger partial charge in [-0.25, -0.2) is 4.79 Å². The fraction of sp³-hybridized carbons (Fsp3) is 0.607. The van der Waals surface area contributed by atoms with E-state index >= 15 is 0 Å². The summed E-state index contributed by atoms with van der Waals surface area (Å²) in [6.45, 7) is 12.7. The molecule has 2 unspecified atom stereocenters. The Morgan fingerprint density at radius 3 is 2.61 bits per heavy atom. The Hall–Kier alpha value is -2.11. The second-order valence-electron chi connectivity index (χ2n) is 8.80. The number of carbonyl (C=O) groups is 1. The summed E-state index contributed by atoms with van der Waals surface area (Å²) in [5, 5.41) is 16.3. The highest BCUT2D eigenvalue weighted by molar-refractivity contribution is 5.76. The van der Waals surface area contributed by atoms with Crippen molar-refractivity contribution < 1.29 is 9.90 Å². The monoisotopic (exact) mass is 457 g/mol. The quantitative estimate of drug-likeness (QED) is 0.239. The molecular weight excluding hydrogens is 410 g/mol. The van der Waals surface area contributed by atoms with Gasteiger partial charge in [-0.2, -0.15) is 0 Å². The molecule has 0 aliphatic carbocycles. The maximum atomic E-state index is 12.2. The number of nitrogens with one attached hydrogen (secondary N) is 2. The van der Waals surface area contributed by atoms with Crippen LogP contribution in [0.4, 0.5) is 4.79 Å². The number of nitrogens with zero attached hydrogens (tertiary/aromatic N) is 1. The third-order valence-corrected chi connectivity index (χ3v) is 6.06. The van der Waals surface area contributed by atoms with Crippen molar-refractivity contribution in [3.8, 4) is 0 Å². The zero-order valence-corrected chi connectivity index (χ0v) is 21.5. The van der Waals surface area contributed by atoms with Crippen LogP contribution in [0.1, 0.15) is 73.1 Å². The number of aliphatic hydroxyl groups is 1. The Morgan fingerprint density at radius 1 is 1.18 bits per heavy atom. The van der Waals surface area contributed by atoms with Crippen LogP contribution in [-0.4, -0.2) is 47.8 Å². The van der Waals surface area contributed by atoms with Crippen molar-refractivity contribution in [2.75, 3.05) is 19.6 Å². The van der Waals surface area contributed by atoms with Crippen molar-refractivity contribution in [1.82, 2.24) is 15.5 Å². The summed E-state index contributed by atoms with van der Waals surface area (Å²) < 4.78 is 0. The number of amides is 2. The molecule has 5 heteroatoms. The first-order valence-corrected chi connectivity index (χ1v) is 12.7. The molecule has 33 heavy (non-hydrogen) atoms. The van der Waals surface area contributed by atoms with Gasteiger partial charge in [-0.1, -0.05) is 62.0 Å². The molecule has 0 saturated carbocycles. The van der Waals surface area contributed by atoms with E-state index in [1.54, 1.807) is 0 Å². The van der Waals surface area contributed by atoms with Gasteiger partial charge in [-0.15, -0.1) is 0 Å². The Kier molecular flexibility index (Phi) is 15.2. The second kappa shape index (κ2) is 17.4. The first kappa shape index (κ1) is 28.9. The van der Waals surface area contributed by atoms with E-state index in [2.05, 4.69) is 60.6 Å². The Balaban J connectivity index is 2.49. The van der Waals surface area contributed by atoms with Crippen molar-refractivity contribution >= 4 is 6.03 Å². The molecule has 1 aliphatic rings. The van der Waals surface area contributed by atoms with Crippen LogP contribution >= 0.6 is 0 Å². The number of hydrogen-bond donors (Lipinski definition) is 3. The van der Waals surface area contributed by atoms with E-state index in [0.29, 0.717) is 12.5 Å². The van der Waals surface area contributed by atoms with E-state index < -0.39 is 0 Å². The number of aliphatic hydroxyl groups excluding tert-OH is 1. The molecule has 0 bridgehead atoms. The predicted molar refractivity (Wildman–Crippen MR) is 141 cm³/mol. The standard InChI is InChI=1S/C28H47N3O2/c1-6-10-12-15-24(9-4)21-25-17-20-31(27(22-25)23(5)32)19-13-18-29-28(33)30-26(14-8-3)16-11-7-2/h6,9-12,14-16,23,25,27,32H,7-8,13,17-22H2,1-5H3,(H2,29,30,33)/b10-6-,15-12-,16-11-,24-9+,26-14+/t23?,25-,27?/m1/s1. The van der Waals surface area contributed by atoms with Gasteiger partial charge in [0.2, 0.25) is 0 Å². The van der Waals surface area contributed by atoms with E-state index in [0.717, 1.165) is 57.3 Å². The minimum absolute atomic E-state index is 0.161. The van der Waals surface area contributed by atoms with E-state index in [9.17, 15) is 9.90 Å². The molecular formula is C28H47N3O2. The van der Waals surface area contributed by atoms with Crippen LogP contribution in [0, 0.1) is 5.92 Å². The molecule has 3 N–H and O–H groups in total. The number of allylic oxidation sites excluding steroid dienone is 9. The molecule has 2 amide bonds. The van der Waals surface area contributed by atoms with E-state index in [-0.39, 0.29) is 18.2 Å². The molecule has 3 atom stereocenters. The molecule has 0 aromatic rings. The van der Waals surface area contributed by atoms with Crippen molar-refractivity contribution in [2.24, 2.45) is 5.92 Å². The lowest BCUT2D eigenvalue weighted by Gasteiger charge is -2.41. The molecule has 1 fully saturated rings. The lowest BCUT2D eigenvalue weighted by atomic mass is 9.84. The van der Waals surface area contributed by atoms with Gasteiger partial charge in [0.15, 0.2) is 0 Å². The lowest BCUT2D eigenvalue weighted by molar-refractivity contribution is 0.0178. The predicted octanol–water partition coefficient (Wildman–Crippen LogP) is 5.87. The number of likely N-dealkylation sites (tertiary alicyclic amines) is 1. The molecule has 0 aromatic heterocycles. The third kappa shape index (κ3) is 12.1. The topological polar surface area (TPSA) is 64.6 Å². The minimum Gasteiger partial charge on any atom is -0.392 e. The average Bonchev–Trinajstić information content (AvgIpc) is 2.80. The molecule has 1 heterocycles. The first-order chi connectivity index (χ1) is 15.9. The lowest BCUT2D eigenvalue weighted by Crippen LogP contribution is -2.49. The van der Waals surface area contributed by atoms with E-state index in [1.807, 2.05) is 38.2 Å². The summed E-state index contributed by atoms with van der Waals surface area (Å²) in [5.41, 5.74) is 2.20. The van der Waals surface area contributed by atoms with Crippen LogP contribution in [0.15, 0.2) is 59.9 Å². The highest BCUT2D eigenvalue weighted by atomic mass is 16.3. The molecule has 0 spiro atoms. The van der Waals surface area contributed by atoms with Gasteiger partial charge in [0.1, 0.15) is 0 Å². The molecule has 5 nitrogen and oxygen atoms in total. The summed E-state index contributed by atoms with van der Waals surface area (Å²) in [6.07, 6.45) is 22.1. The Bertz CT molecular complexity index is 704. The molecule has 1 rings (SSSR count). The van der Waals surface area contributed by atoms with Gasteiger partial charge in [-0.05, 0) is 77.8 Å². The summed E-state index contributed by atoms with van der Waals surface area (Å²) in [7, 11) is 0. The highest BCUT2D eigenvalue weighted by Gasteiger charge is 2.31. The van der Waals surface area contributed by atoms with Crippen LogP contribution in [-0.2, 0) is 0 Å². The minimum atomic E-state index is -0.358. The first-order valence-electron chi connectivity index (χ1n) is 12.7. The average molecular weight is 458 g/mol. The zero-order chi connectivity index (χ0) is 24.5. The van der Waals surface area contributed by atoms with Gasteiger partial charge >= 0.3 is 6.03 Å². The normalized spacial score (nSPS) is 21.9. The highest BCUT2D eigenvalue weighted by Crippen LogP contribution is 2.30. The number of piperidine rings is 1. The van der Waals surface area contributed by atoms with Crippen LogP contribution in [0.2, 0.25) is 0 Å². The molecule has 0 radical (unpaired) electrons. The number of carbonyl (C=O) groups excluding carboxylic acids is 1. The summed E-state index contributed by atoms with van der Waals surface area (Å²) in [6, 6.07) is 0.0135. The molecule has 1 saturated heterocycles. The van der Waals surface area contributed by atoms with Crippen LogP contribution in [0.3, 0.4) is 0 Å². The number of hydrogen-bond acceptors (Lipinski definition) is 3. The zero-order valence-electron chi connectivity index (χ0n) is 21.5. The second-order valence-corrected chi connectivity index (χ2v) is 8.80. The Morgan fingerprint density at radius 2 is 1.97 bits per heavy atom. The smallest absolute Gasteiger partial charge is 0.319 e. The van der Waals surface area contributed by atoms with Gasteiger partial charge in [0.25, 0.3) is 0 Å². The van der Waals surface area contributed by atoms with Crippen molar-refractivity contribution in [2.45, 2.75) is 85.3 Å². The molecule has 1 aliphatic heterocycles. The van der Waals surface area contributed by atoms with Crippen molar-refractivity contribution in [1.29, 1.82) is 0 Å². The van der Waals surface area contributed by atoms with Gasteiger partial charge in [0, 0.05) is 24.8 Å². The SMILES string of the molecule is C\C=C/C=C\C(=C/C)C[C@H]1CCN(CCCNC(=O)NC(/C=C\CC)=C/CC)C(C(C)O)C1. The van der Waals surface area contributed by atoms with Crippen molar-refractivity contribution in [3.05, 3.63) is 59.9 Å². The third-order valence-electron chi connectivity index (χ3n) is 6.06. The summed E-state index contributed by atoms with van der Waals surface area (Å²) in [5.74, 6) is 0.589. The maximum absolute atomic E-state index is 12.2. The van der Waals surface area contributed by atoms with Crippen LogP contribution < -0.4 is 10.6 Å². The van der Waals surface area contributed by atoms with Gasteiger partial charge < -0.3 is 15.7 Å². The fourth-order valence-electron chi connectivity index (χ4n) is 4.28. The Labute approximate surface area is 202 Å². The van der Waals surface area contributed by atoms with E-state index in [4.69, 9.17) is 0 Å². The molecule has 186 valence electrons.